The maximum atomic E-state index is 13.6. The third-order valence-electron chi connectivity index (χ3n) is 5.97. The Balaban J connectivity index is 0.00000361. The van der Waals surface area contributed by atoms with E-state index in [-0.39, 0.29) is 57.6 Å². The van der Waals surface area contributed by atoms with Crippen molar-refractivity contribution < 1.29 is 9.84 Å². The predicted molar refractivity (Wildman–Crippen MR) is 135 cm³/mol. The largest absolute Gasteiger partial charge is 0.860 e. The molecule has 4 rings (SSSR count). The molecule has 194 valence electrons. The third kappa shape index (κ3) is 4.61. The predicted octanol–water partition coefficient (Wildman–Crippen LogP) is 3.03. The van der Waals surface area contributed by atoms with Gasteiger partial charge >= 0.3 is 11.4 Å². The normalized spacial score (nSPS) is 13.9. The van der Waals surface area contributed by atoms with Gasteiger partial charge in [0.15, 0.2) is 5.75 Å². The van der Waals surface area contributed by atoms with Gasteiger partial charge in [-0.3, -0.25) is 24.1 Å². The van der Waals surface area contributed by atoms with Crippen LogP contribution in [0.25, 0.3) is 0 Å². The van der Waals surface area contributed by atoms with Crippen LogP contribution in [0.3, 0.4) is 0 Å². The molecule has 2 aromatic heterocycles. The van der Waals surface area contributed by atoms with Crippen molar-refractivity contribution in [1.82, 2.24) is 25.3 Å². The molecule has 1 unspecified atom stereocenters. The molecule has 0 spiro atoms. The van der Waals surface area contributed by atoms with Crippen molar-refractivity contribution in [3.63, 3.8) is 0 Å². The van der Waals surface area contributed by atoms with Crippen LogP contribution in [-0.2, 0) is 13.1 Å². The number of benzene rings is 1. The monoisotopic (exact) mass is 539 g/mol. The van der Waals surface area contributed by atoms with Crippen LogP contribution >= 0.6 is 23.2 Å². The van der Waals surface area contributed by atoms with Gasteiger partial charge in [-0.15, -0.1) is 0 Å². The Hall–Kier alpha value is -3.28. The van der Waals surface area contributed by atoms with E-state index in [1.165, 1.54) is 12.1 Å². The van der Waals surface area contributed by atoms with Crippen molar-refractivity contribution in [2.24, 2.45) is 0 Å². The summed E-state index contributed by atoms with van der Waals surface area (Å²) in [4.78, 5) is 56.4. The molecule has 0 radical (unpaired) electrons. The molecule has 6 N–H and O–H groups in total. The van der Waals surface area contributed by atoms with Gasteiger partial charge in [-0.25, -0.2) is 9.59 Å². The summed E-state index contributed by atoms with van der Waals surface area (Å²) < 4.78 is 7.73. The number of hydrogen-bond acceptors (Lipinski definition) is 6. The van der Waals surface area contributed by atoms with Gasteiger partial charge in [-0.05, 0) is 30.9 Å². The van der Waals surface area contributed by atoms with Crippen molar-refractivity contribution in [2.75, 3.05) is 0 Å². The van der Waals surface area contributed by atoms with Crippen LogP contribution in [0.4, 0.5) is 0 Å². The number of nitrogens with one attached hydrogen (secondary N) is 2. The first-order chi connectivity index (χ1) is 16.7. The molecule has 36 heavy (non-hydrogen) atoms. The number of fused-ring (bicyclic) bond motifs is 2. The molecular weight excluding hydrogens is 513 g/mol. The van der Waals surface area contributed by atoms with Gasteiger partial charge in [-0.1, -0.05) is 49.9 Å². The first-order valence-corrected chi connectivity index (χ1v) is 12.0. The lowest BCUT2D eigenvalue weighted by Crippen LogP contribution is -2.42. The molecule has 1 aliphatic heterocycles. The molecule has 11 nitrogen and oxygen atoms in total. The van der Waals surface area contributed by atoms with Crippen LogP contribution in [0, 0.1) is 0 Å². The highest BCUT2D eigenvalue weighted by molar-refractivity contribution is 6.35. The molecule has 1 aromatic carbocycles. The molecule has 0 saturated carbocycles. The molecule has 0 bridgehead atoms. The van der Waals surface area contributed by atoms with E-state index in [1.54, 1.807) is 0 Å². The SMILES string of the molecule is CCCCn1c([O-])c(C2c3cc(Cl)cc(Cl)c3Oc3[nH]c(=O)n(CCCC)c(=O)c32)c(=O)[nH]c1=O.[NH4+]. The third-order valence-corrected chi connectivity index (χ3v) is 6.47. The second kappa shape index (κ2) is 10.8. The van der Waals surface area contributed by atoms with Crippen LogP contribution in [0.5, 0.6) is 17.5 Å². The number of aromatic amines is 2. The molecule has 1 atom stereocenters. The lowest BCUT2D eigenvalue weighted by molar-refractivity contribution is -0.281. The van der Waals surface area contributed by atoms with E-state index in [1.807, 2.05) is 13.8 Å². The van der Waals surface area contributed by atoms with E-state index in [4.69, 9.17) is 27.9 Å². The first kappa shape index (κ1) is 27.3. The number of halogens is 2. The molecule has 3 heterocycles. The zero-order chi connectivity index (χ0) is 25.4. The number of nitrogens with zero attached hydrogens (tertiary/aromatic N) is 2. The summed E-state index contributed by atoms with van der Waals surface area (Å²) in [6.07, 6.45) is 2.51. The molecule has 1 aliphatic rings. The topological polar surface area (TPSA) is 179 Å². The van der Waals surface area contributed by atoms with E-state index in [9.17, 15) is 24.3 Å². The number of unbranched alkanes of at least 4 members (excludes halogenated alkanes) is 2. The number of rotatable bonds is 7. The van der Waals surface area contributed by atoms with Crippen molar-refractivity contribution in [1.29, 1.82) is 0 Å². The van der Waals surface area contributed by atoms with Gasteiger partial charge in [0.25, 0.3) is 11.1 Å². The molecular formula is C23H27Cl2N5O6. The standard InChI is InChI=1S/C23H24Cl2N4O6.H3N/c1-3-5-7-28-20(31)15(18(30)26-22(28)33)14-12-9-11(24)10-13(25)17(12)35-19-16(14)21(32)29(8-6-4-2)23(34)27-19;/h9-10,14,31H,3-8H2,1-2H3,(H,27,34)(H,26,30,33);1H3. The van der Waals surface area contributed by atoms with Crippen LogP contribution in [-0.4, -0.2) is 19.1 Å². The van der Waals surface area contributed by atoms with Crippen LogP contribution in [0.1, 0.15) is 62.1 Å². The highest BCUT2D eigenvalue weighted by Gasteiger charge is 2.37. The molecule has 0 aliphatic carbocycles. The Morgan fingerprint density at radius 3 is 2.19 bits per heavy atom. The fraction of sp³-hybridized carbons (Fsp3) is 0.391. The fourth-order valence-corrected chi connectivity index (χ4v) is 4.77. The van der Waals surface area contributed by atoms with Crippen molar-refractivity contribution >= 4 is 23.2 Å². The van der Waals surface area contributed by atoms with Gasteiger partial charge in [0.05, 0.1) is 16.5 Å². The molecule has 0 saturated heterocycles. The Morgan fingerprint density at radius 2 is 1.56 bits per heavy atom. The van der Waals surface area contributed by atoms with Gasteiger partial charge in [0, 0.05) is 29.2 Å². The van der Waals surface area contributed by atoms with E-state index in [0.717, 1.165) is 15.6 Å². The Morgan fingerprint density at radius 1 is 0.944 bits per heavy atom. The highest BCUT2D eigenvalue weighted by Crippen LogP contribution is 2.49. The molecule has 0 amide bonds. The fourth-order valence-electron chi connectivity index (χ4n) is 4.22. The number of hydrogen-bond donors (Lipinski definition) is 3. The quantitative estimate of drug-likeness (QED) is 0.324. The minimum absolute atomic E-state index is 0. The maximum absolute atomic E-state index is 13.6. The van der Waals surface area contributed by atoms with E-state index < -0.39 is 34.3 Å². The number of aromatic nitrogens is 4. The van der Waals surface area contributed by atoms with Gasteiger partial charge < -0.3 is 20.6 Å². The van der Waals surface area contributed by atoms with E-state index >= 15 is 0 Å². The molecule has 0 fully saturated rings. The van der Waals surface area contributed by atoms with Crippen LogP contribution in [0.2, 0.25) is 10.0 Å². The van der Waals surface area contributed by atoms with Gasteiger partial charge in [-0.2, -0.15) is 0 Å². The van der Waals surface area contributed by atoms with Crippen LogP contribution < -0.4 is 38.5 Å². The zero-order valence-electron chi connectivity index (χ0n) is 20.1. The van der Waals surface area contributed by atoms with Gasteiger partial charge in [0.1, 0.15) is 0 Å². The zero-order valence-corrected chi connectivity index (χ0v) is 21.6. The summed E-state index contributed by atoms with van der Waals surface area (Å²) in [7, 11) is 0. The van der Waals surface area contributed by atoms with Crippen molar-refractivity contribution in [3.8, 4) is 17.5 Å². The Labute approximate surface area is 214 Å². The van der Waals surface area contributed by atoms with Gasteiger partial charge in [0.2, 0.25) is 5.88 Å². The summed E-state index contributed by atoms with van der Waals surface area (Å²) in [5.74, 6) is -2.30. The summed E-state index contributed by atoms with van der Waals surface area (Å²) in [5.41, 5.74) is -3.47. The smallest absolute Gasteiger partial charge is 0.331 e. The number of ether oxygens (including phenoxy) is 1. The highest BCUT2D eigenvalue weighted by atomic mass is 35.5. The Kier molecular flexibility index (Phi) is 8.17. The van der Waals surface area contributed by atoms with Crippen molar-refractivity contribution in [3.05, 3.63) is 80.5 Å². The summed E-state index contributed by atoms with van der Waals surface area (Å²) in [6.45, 7) is 4.02. The second-order valence-electron chi connectivity index (χ2n) is 8.31. The molecule has 13 heteroatoms. The summed E-state index contributed by atoms with van der Waals surface area (Å²) in [5, 5.41) is 13.7. The Bertz CT molecular complexity index is 1540. The second-order valence-corrected chi connectivity index (χ2v) is 9.15. The lowest BCUT2D eigenvalue weighted by Gasteiger charge is -2.31. The first-order valence-electron chi connectivity index (χ1n) is 11.3. The average molecular weight is 540 g/mol. The maximum Gasteiger partial charge on any atom is 0.331 e. The summed E-state index contributed by atoms with van der Waals surface area (Å²) >= 11 is 12.6. The summed E-state index contributed by atoms with van der Waals surface area (Å²) in [6, 6.07) is 2.84. The van der Waals surface area contributed by atoms with Crippen LogP contribution in [0.15, 0.2) is 31.3 Å². The molecule has 3 aromatic rings. The minimum atomic E-state index is -1.29. The number of H-pyrrole nitrogens is 2. The average Bonchev–Trinajstić information content (AvgIpc) is 2.78. The lowest BCUT2D eigenvalue weighted by atomic mass is 9.84. The minimum Gasteiger partial charge on any atom is -0.860 e. The number of quaternary nitrogens is 1. The van der Waals surface area contributed by atoms with Crippen molar-refractivity contribution in [2.45, 2.75) is 58.5 Å². The van der Waals surface area contributed by atoms with E-state index in [2.05, 4.69) is 9.97 Å². The van der Waals surface area contributed by atoms with E-state index in [0.29, 0.717) is 19.3 Å².